The average molecular weight is 252 g/mol. The standard InChI is InChI=1S/C15H24O3/c1-10-5-6-13-15(4,17-18-16-13)8-7-12-11(10)9-14(12,2)3/h11-13H,1,5-9H2,2-4H3/t11-,12-,13-,15-/m1/s1. The van der Waals surface area contributed by atoms with Crippen LogP contribution in [-0.2, 0) is 14.8 Å². The van der Waals surface area contributed by atoms with Gasteiger partial charge in [-0.3, -0.25) is 0 Å². The zero-order valence-corrected chi connectivity index (χ0v) is 11.7. The molecule has 2 aliphatic carbocycles. The lowest BCUT2D eigenvalue weighted by molar-refractivity contribution is -0.473. The molecular formula is C15H24O3. The first-order valence-corrected chi connectivity index (χ1v) is 7.11. The van der Waals surface area contributed by atoms with Gasteiger partial charge in [0.15, 0.2) is 0 Å². The monoisotopic (exact) mass is 252 g/mol. The molecule has 2 saturated carbocycles. The molecule has 3 rings (SSSR count). The Morgan fingerprint density at radius 3 is 2.72 bits per heavy atom. The zero-order valence-electron chi connectivity index (χ0n) is 11.7. The third-order valence-electron chi connectivity index (χ3n) is 5.50. The normalized spacial score (nSPS) is 47.3. The lowest BCUT2D eigenvalue weighted by Crippen LogP contribution is -2.45. The molecule has 0 aromatic carbocycles. The maximum atomic E-state index is 5.39. The van der Waals surface area contributed by atoms with E-state index in [0.717, 1.165) is 25.2 Å². The van der Waals surface area contributed by atoms with Crippen molar-refractivity contribution in [2.75, 3.05) is 0 Å². The van der Waals surface area contributed by atoms with E-state index in [-0.39, 0.29) is 11.7 Å². The van der Waals surface area contributed by atoms with Crippen molar-refractivity contribution in [1.29, 1.82) is 0 Å². The van der Waals surface area contributed by atoms with Crippen molar-refractivity contribution in [1.82, 2.24) is 0 Å². The van der Waals surface area contributed by atoms with E-state index in [9.17, 15) is 0 Å². The molecule has 0 aromatic rings. The van der Waals surface area contributed by atoms with Gasteiger partial charge < -0.3 is 0 Å². The Bertz CT molecular complexity index is 363. The average Bonchev–Trinajstić information content (AvgIpc) is 2.65. The number of hydrogen-bond donors (Lipinski definition) is 0. The summed E-state index contributed by atoms with van der Waals surface area (Å²) in [4.78, 5) is 10.7. The van der Waals surface area contributed by atoms with E-state index in [1.807, 2.05) is 0 Å². The molecular weight excluding hydrogens is 228 g/mol. The fraction of sp³-hybridized carbons (Fsp3) is 0.867. The number of allylic oxidation sites excluding steroid dienone is 1. The second-order valence-electron chi connectivity index (χ2n) is 7.19. The van der Waals surface area contributed by atoms with Gasteiger partial charge in [-0.2, -0.15) is 9.78 Å². The van der Waals surface area contributed by atoms with Crippen molar-refractivity contribution in [2.24, 2.45) is 17.3 Å². The van der Waals surface area contributed by atoms with Gasteiger partial charge in [0.25, 0.3) is 0 Å². The van der Waals surface area contributed by atoms with E-state index in [1.165, 1.54) is 18.4 Å². The van der Waals surface area contributed by atoms with E-state index in [0.29, 0.717) is 11.3 Å². The van der Waals surface area contributed by atoms with Gasteiger partial charge in [0, 0.05) is 0 Å². The third kappa shape index (κ3) is 1.84. The van der Waals surface area contributed by atoms with Crippen LogP contribution in [0.25, 0.3) is 0 Å². The number of rotatable bonds is 0. The highest BCUT2D eigenvalue weighted by molar-refractivity contribution is 5.14. The van der Waals surface area contributed by atoms with Crippen LogP contribution in [0.2, 0.25) is 0 Å². The largest absolute Gasteiger partial charge is 0.200 e. The summed E-state index contributed by atoms with van der Waals surface area (Å²) in [5.41, 5.74) is 1.57. The first-order valence-electron chi connectivity index (χ1n) is 7.11. The van der Waals surface area contributed by atoms with E-state index in [2.05, 4.69) is 27.4 Å². The number of fused-ring (bicyclic) bond motifs is 2. The molecule has 0 bridgehead atoms. The quantitative estimate of drug-likeness (QED) is 0.485. The Balaban J connectivity index is 1.80. The Labute approximate surface area is 109 Å². The molecule has 4 atom stereocenters. The highest BCUT2D eigenvalue weighted by atomic mass is 17.5. The summed E-state index contributed by atoms with van der Waals surface area (Å²) in [6, 6.07) is 0. The molecule has 1 heterocycles. The first kappa shape index (κ1) is 12.6. The van der Waals surface area contributed by atoms with E-state index >= 15 is 0 Å². The molecule has 0 aromatic heterocycles. The molecule has 0 unspecified atom stereocenters. The van der Waals surface area contributed by atoms with Gasteiger partial charge in [0.05, 0.1) is 0 Å². The van der Waals surface area contributed by atoms with Gasteiger partial charge in [0.2, 0.25) is 0 Å². The van der Waals surface area contributed by atoms with Gasteiger partial charge in [-0.1, -0.05) is 31.0 Å². The van der Waals surface area contributed by atoms with Crippen LogP contribution in [0, 0.1) is 17.3 Å². The molecule has 0 N–H and O–H groups in total. The Hall–Kier alpha value is -0.380. The molecule has 0 radical (unpaired) electrons. The van der Waals surface area contributed by atoms with Crippen LogP contribution in [0.5, 0.6) is 0 Å². The van der Waals surface area contributed by atoms with Crippen LogP contribution in [0.1, 0.15) is 52.9 Å². The third-order valence-corrected chi connectivity index (χ3v) is 5.50. The fourth-order valence-corrected chi connectivity index (χ4v) is 4.07. The zero-order chi connectivity index (χ0) is 13.0. The predicted molar refractivity (Wildman–Crippen MR) is 68.4 cm³/mol. The molecule has 18 heavy (non-hydrogen) atoms. The Morgan fingerprint density at radius 1 is 1.22 bits per heavy atom. The maximum absolute atomic E-state index is 5.39. The van der Waals surface area contributed by atoms with Gasteiger partial charge in [-0.15, -0.1) is 0 Å². The van der Waals surface area contributed by atoms with Gasteiger partial charge in [0.1, 0.15) is 11.7 Å². The van der Waals surface area contributed by atoms with Crippen molar-refractivity contribution >= 4 is 0 Å². The highest BCUT2D eigenvalue weighted by Gasteiger charge is 2.52. The number of hydrogen-bond acceptors (Lipinski definition) is 3. The summed E-state index contributed by atoms with van der Waals surface area (Å²) in [6.07, 6.45) is 5.51. The van der Waals surface area contributed by atoms with Gasteiger partial charge in [-0.25, -0.2) is 0 Å². The van der Waals surface area contributed by atoms with Crippen LogP contribution in [-0.4, -0.2) is 11.7 Å². The maximum Gasteiger partial charge on any atom is 0.133 e. The van der Waals surface area contributed by atoms with Gasteiger partial charge in [-0.05, 0) is 56.3 Å². The molecule has 1 aliphatic heterocycles. The molecule has 0 amide bonds. The summed E-state index contributed by atoms with van der Waals surface area (Å²) in [6.45, 7) is 11.2. The van der Waals surface area contributed by atoms with Crippen LogP contribution < -0.4 is 0 Å². The molecule has 102 valence electrons. The fourth-order valence-electron chi connectivity index (χ4n) is 4.07. The minimum Gasteiger partial charge on any atom is -0.200 e. The summed E-state index contributed by atoms with van der Waals surface area (Å²) < 4.78 is 0. The predicted octanol–water partition coefficient (Wildman–Crippen LogP) is 3.80. The van der Waals surface area contributed by atoms with Crippen LogP contribution in [0.3, 0.4) is 0 Å². The van der Waals surface area contributed by atoms with Crippen molar-refractivity contribution in [3.05, 3.63) is 12.2 Å². The molecule has 1 saturated heterocycles. The Kier molecular flexibility index (Phi) is 2.85. The molecule has 3 fully saturated rings. The van der Waals surface area contributed by atoms with Crippen molar-refractivity contribution in [3.63, 3.8) is 0 Å². The van der Waals surface area contributed by atoms with Crippen LogP contribution in [0.15, 0.2) is 12.2 Å². The SMILES string of the molecule is C=C1CC[C@H]2OOO[C@]2(C)CC[C@@H]2[C@@H]1CC2(C)C. The summed E-state index contributed by atoms with van der Waals surface area (Å²) >= 11 is 0. The lowest BCUT2D eigenvalue weighted by Gasteiger charge is -2.53. The topological polar surface area (TPSA) is 27.7 Å². The molecule has 3 nitrogen and oxygen atoms in total. The minimum atomic E-state index is -0.277. The van der Waals surface area contributed by atoms with Crippen molar-refractivity contribution in [2.45, 2.75) is 64.6 Å². The summed E-state index contributed by atoms with van der Waals surface area (Å²) in [5.74, 6) is 1.45. The smallest absolute Gasteiger partial charge is 0.133 e. The van der Waals surface area contributed by atoms with Crippen LogP contribution in [0.4, 0.5) is 0 Å². The van der Waals surface area contributed by atoms with E-state index < -0.39 is 0 Å². The van der Waals surface area contributed by atoms with Crippen molar-refractivity contribution < 1.29 is 14.8 Å². The van der Waals surface area contributed by atoms with Crippen LogP contribution >= 0.6 is 0 Å². The second kappa shape index (κ2) is 4.06. The molecule has 0 spiro atoms. The van der Waals surface area contributed by atoms with E-state index in [1.54, 1.807) is 0 Å². The lowest BCUT2D eigenvalue weighted by atomic mass is 9.52. The second-order valence-corrected chi connectivity index (χ2v) is 7.19. The highest BCUT2D eigenvalue weighted by Crippen LogP contribution is 2.57. The minimum absolute atomic E-state index is 0.0508. The Morgan fingerprint density at radius 2 is 2.00 bits per heavy atom. The first-order chi connectivity index (χ1) is 8.42. The summed E-state index contributed by atoms with van der Waals surface area (Å²) in [7, 11) is 0. The molecule has 3 heteroatoms. The molecule has 3 aliphatic rings. The van der Waals surface area contributed by atoms with E-state index in [4.69, 9.17) is 14.8 Å². The van der Waals surface area contributed by atoms with Crippen molar-refractivity contribution in [3.8, 4) is 0 Å². The van der Waals surface area contributed by atoms with Gasteiger partial charge >= 0.3 is 0 Å². The summed E-state index contributed by atoms with van der Waals surface area (Å²) in [5, 5.41) is 4.78.